The molecule has 0 bridgehead atoms. The van der Waals surface area contributed by atoms with Crippen LogP contribution in [0.15, 0.2) is 28.4 Å². The molecule has 0 amide bonds. The Morgan fingerprint density at radius 2 is 2.43 bits per heavy atom. The number of carboxylic acid groups (broad SMARTS) is 1. The molecule has 0 aliphatic heterocycles. The van der Waals surface area contributed by atoms with Crippen LogP contribution in [-0.4, -0.2) is 11.1 Å². The zero-order valence-electron chi connectivity index (χ0n) is 7.93. The van der Waals surface area contributed by atoms with Gasteiger partial charge in [-0.15, -0.1) is 0 Å². The highest BCUT2D eigenvalue weighted by molar-refractivity contribution is 5.75. The molecule has 2 unspecified atom stereocenters. The Kier molecular flexibility index (Phi) is 2.15. The third kappa shape index (κ3) is 1.71. The van der Waals surface area contributed by atoms with Crippen LogP contribution in [0.4, 0.5) is 0 Å². The summed E-state index contributed by atoms with van der Waals surface area (Å²) < 4.78 is 5.15. The van der Waals surface area contributed by atoms with E-state index in [0.29, 0.717) is 0 Å². The summed E-state index contributed by atoms with van der Waals surface area (Å²) in [4.78, 5) is 10.6. The first-order valence-corrected chi connectivity index (χ1v) is 4.63. The molecule has 1 aromatic heterocycles. The van der Waals surface area contributed by atoms with Crippen LogP contribution in [0.3, 0.4) is 0 Å². The Labute approximate surface area is 82.0 Å². The number of rotatable bonds is 3. The van der Waals surface area contributed by atoms with Crippen LogP contribution in [0.25, 0.3) is 6.08 Å². The van der Waals surface area contributed by atoms with Gasteiger partial charge in [0, 0.05) is 0 Å². The minimum atomic E-state index is -0.692. The Hall–Kier alpha value is -1.51. The quantitative estimate of drug-likeness (QED) is 0.800. The van der Waals surface area contributed by atoms with Gasteiger partial charge in [-0.3, -0.25) is 4.79 Å². The molecule has 1 saturated carbocycles. The van der Waals surface area contributed by atoms with Gasteiger partial charge in [-0.05, 0) is 37.5 Å². The number of hydrogen-bond acceptors (Lipinski definition) is 2. The second-order valence-electron chi connectivity index (χ2n) is 3.69. The Bertz CT molecular complexity index is 362. The van der Waals surface area contributed by atoms with Crippen LogP contribution in [0.2, 0.25) is 0 Å². The first kappa shape index (κ1) is 9.06. The van der Waals surface area contributed by atoms with E-state index >= 15 is 0 Å². The van der Waals surface area contributed by atoms with E-state index in [1.165, 1.54) is 0 Å². The van der Waals surface area contributed by atoms with Crippen molar-refractivity contribution in [1.82, 2.24) is 0 Å². The first-order valence-electron chi connectivity index (χ1n) is 4.63. The highest BCUT2D eigenvalue weighted by Gasteiger charge is 2.43. The average Bonchev–Trinajstić information content (AvgIpc) is 2.80. The van der Waals surface area contributed by atoms with Gasteiger partial charge in [0.1, 0.15) is 5.76 Å². The number of allylic oxidation sites excluding steroid dienone is 1. The fraction of sp³-hybridized carbons (Fsp3) is 0.364. The van der Waals surface area contributed by atoms with E-state index in [0.717, 1.165) is 17.8 Å². The van der Waals surface area contributed by atoms with E-state index in [-0.39, 0.29) is 11.8 Å². The van der Waals surface area contributed by atoms with Gasteiger partial charge >= 0.3 is 5.97 Å². The highest BCUT2D eigenvalue weighted by atomic mass is 16.4. The molecule has 0 spiro atoms. The maximum atomic E-state index is 10.6. The SMILES string of the molecule is C/C(=C\c1ccco1)C1CC1C(=O)O. The molecule has 1 aliphatic carbocycles. The maximum Gasteiger partial charge on any atom is 0.307 e. The Balaban J connectivity index is 2.04. The second kappa shape index (κ2) is 3.33. The molecule has 74 valence electrons. The highest BCUT2D eigenvalue weighted by Crippen LogP contribution is 2.44. The average molecular weight is 192 g/mol. The summed E-state index contributed by atoms with van der Waals surface area (Å²) in [6.45, 7) is 1.95. The molecule has 1 fully saturated rings. The minimum Gasteiger partial charge on any atom is -0.481 e. The largest absolute Gasteiger partial charge is 0.481 e. The number of carbonyl (C=O) groups is 1. The monoisotopic (exact) mass is 192 g/mol. The van der Waals surface area contributed by atoms with Gasteiger partial charge < -0.3 is 9.52 Å². The van der Waals surface area contributed by atoms with Crippen LogP contribution < -0.4 is 0 Å². The molecule has 0 saturated heterocycles. The standard InChI is InChI=1S/C11H12O3/c1-7(5-8-3-2-4-14-8)9-6-10(9)11(12)13/h2-5,9-10H,6H2,1H3,(H,12,13)/b7-5+. The van der Waals surface area contributed by atoms with Crippen molar-refractivity contribution in [1.29, 1.82) is 0 Å². The van der Waals surface area contributed by atoms with Gasteiger partial charge in [-0.25, -0.2) is 0 Å². The molecule has 14 heavy (non-hydrogen) atoms. The molecule has 2 atom stereocenters. The third-order valence-corrected chi connectivity index (χ3v) is 2.61. The normalized spacial score (nSPS) is 26.2. The van der Waals surface area contributed by atoms with E-state index in [1.807, 2.05) is 25.1 Å². The Morgan fingerprint density at radius 1 is 1.64 bits per heavy atom. The van der Waals surface area contributed by atoms with Crippen molar-refractivity contribution in [2.24, 2.45) is 11.8 Å². The van der Waals surface area contributed by atoms with Gasteiger partial charge in [0.15, 0.2) is 0 Å². The van der Waals surface area contributed by atoms with Crippen LogP contribution in [0, 0.1) is 11.8 Å². The van der Waals surface area contributed by atoms with Crippen LogP contribution in [0.1, 0.15) is 19.1 Å². The smallest absolute Gasteiger partial charge is 0.307 e. The van der Waals surface area contributed by atoms with E-state index < -0.39 is 5.97 Å². The first-order chi connectivity index (χ1) is 6.68. The molecular weight excluding hydrogens is 180 g/mol. The summed E-state index contributed by atoms with van der Waals surface area (Å²) in [6, 6.07) is 3.68. The third-order valence-electron chi connectivity index (χ3n) is 2.61. The zero-order valence-corrected chi connectivity index (χ0v) is 7.93. The molecular formula is C11H12O3. The van der Waals surface area contributed by atoms with Crippen molar-refractivity contribution in [3.8, 4) is 0 Å². The summed E-state index contributed by atoms with van der Waals surface area (Å²) in [5, 5.41) is 8.75. The van der Waals surface area contributed by atoms with Gasteiger partial charge in [0.25, 0.3) is 0 Å². The second-order valence-corrected chi connectivity index (χ2v) is 3.69. The molecule has 3 nitrogen and oxygen atoms in total. The molecule has 1 aromatic rings. The van der Waals surface area contributed by atoms with Gasteiger partial charge in [-0.1, -0.05) is 5.57 Å². The van der Waals surface area contributed by atoms with Crippen molar-refractivity contribution in [2.45, 2.75) is 13.3 Å². The summed E-state index contributed by atoms with van der Waals surface area (Å²) in [5.41, 5.74) is 1.09. The fourth-order valence-electron chi connectivity index (χ4n) is 1.68. The van der Waals surface area contributed by atoms with Crippen molar-refractivity contribution in [3.63, 3.8) is 0 Å². The lowest BCUT2D eigenvalue weighted by Gasteiger charge is -1.95. The fourth-order valence-corrected chi connectivity index (χ4v) is 1.68. The van der Waals surface area contributed by atoms with Crippen molar-refractivity contribution >= 4 is 12.0 Å². The van der Waals surface area contributed by atoms with E-state index in [1.54, 1.807) is 6.26 Å². The number of carboxylic acids is 1. The minimum absolute atomic E-state index is 0.179. The predicted octanol–water partition coefficient (Wildman–Crippen LogP) is 2.40. The summed E-state index contributed by atoms with van der Waals surface area (Å²) in [5.74, 6) is 0.125. The Morgan fingerprint density at radius 3 is 2.93 bits per heavy atom. The van der Waals surface area contributed by atoms with Gasteiger partial charge in [-0.2, -0.15) is 0 Å². The van der Waals surface area contributed by atoms with Crippen molar-refractivity contribution in [2.75, 3.05) is 0 Å². The number of furan rings is 1. The zero-order chi connectivity index (χ0) is 10.1. The molecule has 0 aromatic carbocycles. The molecule has 0 radical (unpaired) electrons. The van der Waals surface area contributed by atoms with Crippen LogP contribution in [-0.2, 0) is 4.79 Å². The maximum absolute atomic E-state index is 10.6. The van der Waals surface area contributed by atoms with E-state index in [2.05, 4.69) is 0 Å². The van der Waals surface area contributed by atoms with E-state index in [4.69, 9.17) is 9.52 Å². The molecule has 1 heterocycles. The van der Waals surface area contributed by atoms with Crippen LogP contribution >= 0.6 is 0 Å². The number of aliphatic carboxylic acids is 1. The van der Waals surface area contributed by atoms with E-state index in [9.17, 15) is 4.79 Å². The number of hydrogen-bond donors (Lipinski definition) is 1. The molecule has 1 aliphatic rings. The summed E-state index contributed by atoms with van der Waals surface area (Å²) in [6.07, 6.45) is 4.28. The van der Waals surface area contributed by atoms with Gasteiger partial charge in [0.2, 0.25) is 0 Å². The predicted molar refractivity (Wildman–Crippen MR) is 51.6 cm³/mol. The molecule has 1 N–H and O–H groups in total. The summed E-state index contributed by atoms with van der Waals surface area (Å²) in [7, 11) is 0. The lowest BCUT2D eigenvalue weighted by molar-refractivity contribution is -0.138. The van der Waals surface area contributed by atoms with Gasteiger partial charge in [0.05, 0.1) is 12.2 Å². The lowest BCUT2D eigenvalue weighted by Crippen LogP contribution is -1.99. The van der Waals surface area contributed by atoms with Crippen molar-refractivity contribution in [3.05, 3.63) is 29.7 Å². The summed E-state index contributed by atoms with van der Waals surface area (Å²) >= 11 is 0. The van der Waals surface area contributed by atoms with Crippen molar-refractivity contribution < 1.29 is 14.3 Å². The van der Waals surface area contributed by atoms with Crippen LogP contribution in [0.5, 0.6) is 0 Å². The molecule has 3 heteroatoms. The lowest BCUT2D eigenvalue weighted by atomic mass is 10.1. The molecule has 2 rings (SSSR count). The topological polar surface area (TPSA) is 50.4 Å².